The summed E-state index contributed by atoms with van der Waals surface area (Å²) < 4.78 is 39.9. The van der Waals surface area contributed by atoms with Crippen molar-refractivity contribution in [3.63, 3.8) is 0 Å². The molecule has 0 aliphatic heterocycles. The number of nitrogens with zero attached hydrogens (tertiary/aromatic N) is 1. The average Bonchev–Trinajstić information content (AvgIpc) is 2.33. The molecule has 0 aliphatic carbocycles. The number of hydrogen-bond acceptors (Lipinski definition) is 3. The van der Waals surface area contributed by atoms with Crippen LogP contribution in [0.1, 0.15) is 18.9 Å². The van der Waals surface area contributed by atoms with E-state index in [4.69, 9.17) is 11.6 Å². The van der Waals surface area contributed by atoms with Crippen molar-refractivity contribution < 1.29 is 12.8 Å². The Kier molecular flexibility index (Phi) is 5.73. The number of halogens is 2. The summed E-state index contributed by atoms with van der Waals surface area (Å²) in [6, 6.07) is 2.57. The maximum absolute atomic E-state index is 14.2. The van der Waals surface area contributed by atoms with Crippen LogP contribution >= 0.6 is 11.6 Å². The molecule has 0 aliphatic rings. The van der Waals surface area contributed by atoms with Crippen LogP contribution in [0.2, 0.25) is 5.02 Å². The zero-order valence-corrected chi connectivity index (χ0v) is 12.8. The van der Waals surface area contributed by atoms with Crippen molar-refractivity contribution in [2.24, 2.45) is 0 Å². The topological polar surface area (TPSA) is 49.4 Å². The molecule has 0 fully saturated rings. The quantitative estimate of drug-likeness (QED) is 0.877. The molecule has 1 rings (SSSR count). The lowest BCUT2D eigenvalue weighted by molar-refractivity contribution is 0.460. The fraction of sp³-hybridized carbons (Fsp3) is 0.500. The van der Waals surface area contributed by atoms with E-state index in [2.05, 4.69) is 5.32 Å². The van der Waals surface area contributed by atoms with Crippen LogP contribution in [-0.2, 0) is 16.6 Å². The van der Waals surface area contributed by atoms with Crippen LogP contribution in [0.4, 0.5) is 4.39 Å². The van der Waals surface area contributed by atoms with Crippen LogP contribution in [0, 0.1) is 5.82 Å². The Balaban J connectivity index is 3.34. The molecule has 0 aromatic heterocycles. The maximum atomic E-state index is 14.2. The molecule has 1 N–H and O–H groups in total. The number of hydrogen-bond donors (Lipinski definition) is 1. The first kappa shape index (κ1) is 16.4. The summed E-state index contributed by atoms with van der Waals surface area (Å²) in [5.41, 5.74) is 0.235. The van der Waals surface area contributed by atoms with Crippen molar-refractivity contribution in [1.29, 1.82) is 0 Å². The van der Waals surface area contributed by atoms with E-state index >= 15 is 0 Å². The van der Waals surface area contributed by atoms with E-state index < -0.39 is 15.8 Å². The number of sulfonamides is 1. The van der Waals surface area contributed by atoms with Gasteiger partial charge in [0.2, 0.25) is 10.0 Å². The molecule has 4 nitrogen and oxygen atoms in total. The summed E-state index contributed by atoms with van der Waals surface area (Å²) in [7, 11) is -0.771. The maximum Gasteiger partial charge on any atom is 0.245 e. The predicted molar refractivity (Wildman–Crippen MR) is 74.3 cm³/mol. The van der Waals surface area contributed by atoms with Crippen LogP contribution in [0.3, 0.4) is 0 Å². The Hall–Kier alpha value is -0.690. The fourth-order valence-corrected chi connectivity index (χ4v) is 3.43. The molecule has 0 atom stereocenters. The van der Waals surface area contributed by atoms with E-state index in [0.717, 1.165) is 10.4 Å². The minimum atomic E-state index is -3.85. The molecule has 1 aromatic carbocycles. The summed E-state index contributed by atoms with van der Waals surface area (Å²) in [5.74, 6) is -0.748. The SMILES string of the molecule is CCCN(C)S(=O)(=O)c1cc(Cl)cc(CNC)c1F. The molecule has 7 heteroatoms. The van der Waals surface area contributed by atoms with Crippen LogP contribution in [0.25, 0.3) is 0 Å². The number of nitrogens with one attached hydrogen (secondary N) is 1. The molecule has 0 unspecified atom stereocenters. The normalized spacial score (nSPS) is 12.1. The third-order valence-corrected chi connectivity index (χ3v) is 4.75. The second-order valence-electron chi connectivity index (χ2n) is 4.23. The van der Waals surface area contributed by atoms with Gasteiger partial charge in [-0.25, -0.2) is 17.1 Å². The molecule has 0 bridgehead atoms. The van der Waals surface area contributed by atoms with E-state index in [1.165, 1.54) is 13.1 Å². The van der Waals surface area contributed by atoms with Gasteiger partial charge >= 0.3 is 0 Å². The Morgan fingerprint density at radius 2 is 2.05 bits per heavy atom. The van der Waals surface area contributed by atoms with Gasteiger partial charge in [0.25, 0.3) is 0 Å². The standard InChI is InChI=1S/C12H18ClFN2O2S/c1-4-5-16(3)19(17,18)11-7-10(13)6-9(8-15-2)12(11)14/h6-7,15H,4-5,8H2,1-3H3. The van der Waals surface area contributed by atoms with Gasteiger partial charge in [-0.05, 0) is 25.6 Å². The van der Waals surface area contributed by atoms with Gasteiger partial charge in [-0.1, -0.05) is 18.5 Å². The van der Waals surface area contributed by atoms with Crippen molar-refractivity contribution in [3.8, 4) is 0 Å². The van der Waals surface area contributed by atoms with Gasteiger partial charge in [-0.15, -0.1) is 0 Å². The lowest BCUT2D eigenvalue weighted by Gasteiger charge is -2.18. The van der Waals surface area contributed by atoms with Crippen molar-refractivity contribution >= 4 is 21.6 Å². The largest absolute Gasteiger partial charge is 0.316 e. The van der Waals surface area contributed by atoms with Gasteiger partial charge in [0.05, 0.1) is 0 Å². The van der Waals surface area contributed by atoms with E-state index in [-0.39, 0.29) is 22.0 Å². The van der Waals surface area contributed by atoms with Crippen LogP contribution < -0.4 is 5.32 Å². The van der Waals surface area contributed by atoms with Crippen molar-refractivity contribution in [3.05, 3.63) is 28.5 Å². The molecule has 0 saturated carbocycles. The zero-order chi connectivity index (χ0) is 14.6. The molecule has 0 saturated heterocycles. The number of benzene rings is 1. The molecule has 1 aromatic rings. The van der Waals surface area contributed by atoms with E-state index in [1.54, 1.807) is 7.05 Å². The monoisotopic (exact) mass is 308 g/mol. The molecule has 0 amide bonds. The van der Waals surface area contributed by atoms with Gasteiger partial charge < -0.3 is 5.32 Å². The van der Waals surface area contributed by atoms with Crippen LogP contribution in [0.5, 0.6) is 0 Å². The third kappa shape index (κ3) is 3.66. The van der Waals surface area contributed by atoms with E-state index in [1.807, 2.05) is 6.92 Å². The fourth-order valence-electron chi connectivity index (χ4n) is 1.73. The zero-order valence-electron chi connectivity index (χ0n) is 11.2. The summed E-state index contributed by atoms with van der Waals surface area (Å²) in [6.07, 6.45) is 0.654. The molecule has 0 spiro atoms. The van der Waals surface area contributed by atoms with Gasteiger partial charge in [0, 0.05) is 30.7 Å². The molecule has 0 heterocycles. The van der Waals surface area contributed by atoms with Gasteiger partial charge in [0.15, 0.2) is 0 Å². The highest BCUT2D eigenvalue weighted by molar-refractivity contribution is 7.89. The predicted octanol–water partition coefficient (Wildman–Crippen LogP) is 2.23. The molecular formula is C12H18ClFN2O2S. The Labute approximate surface area is 118 Å². The third-order valence-electron chi connectivity index (χ3n) is 2.67. The van der Waals surface area contributed by atoms with Crippen molar-refractivity contribution in [2.75, 3.05) is 20.6 Å². The summed E-state index contributed by atoms with van der Waals surface area (Å²) >= 11 is 5.87. The van der Waals surface area contributed by atoms with Crippen molar-refractivity contribution in [2.45, 2.75) is 24.8 Å². The minimum Gasteiger partial charge on any atom is -0.316 e. The van der Waals surface area contributed by atoms with E-state index in [0.29, 0.717) is 13.0 Å². The molecular weight excluding hydrogens is 291 g/mol. The first-order valence-corrected chi connectivity index (χ1v) is 7.75. The van der Waals surface area contributed by atoms with Crippen LogP contribution in [0.15, 0.2) is 17.0 Å². The first-order valence-electron chi connectivity index (χ1n) is 5.93. The Bertz CT molecular complexity index is 549. The smallest absolute Gasteiger partial charge is 0.245 e. The van der Waals surface area contributed by atoms with Gasteiger partial charge in [-0.2, -0.15) is 0 Å². The first-order chi connectivity index (χ1) is 8.84. The van der Waals surface area contributed by atoms with E-state index in [9.17, 15) is 12.8 Å². The van der Waals surface area contributed by atoms with Gasteiger partial charge in [0.1, 0.15) is 10.7 Å². The molecule has 19 heavy (non-hydrogen) atoms. The highest BCUT2D eigenvalue weighted by Crippen LogP contribution is 2.26. The second kappa shape index (κ2) is 6.65. The average molecular weight is 309 g/mol. The molecule has 0 radical (unpaired) electrons. The minimum absolute atomic E-state index is 0.204. The number of rotatable bonds is 6. The lowest BCUT2D eigenvalue weighted by atomic mass is 10.2. The summed E-state index contributed by atoms with van der Waals surface area (Å²) in [6.45, 7) is 2.40. The Morgan fingerprint density at radius 1 is 1.42 bits per heavy atom. The second-order valence-corrected chi connectivity index (χ2v) is 6.68. The van der Waals surface area contributed by atoms with Gasteiger partial charge in [-0.3, -0.25) is 0 Å². The lowest BCUT2D eigenvalue weighted by Crippen LogP contribution is -2.28. The highest BCUT2D eigenvalue weighted by Gasteiger charge is 2.26. The van der Waals surface area contributed by atoms with Crippen LogP contribution in [-0.4, -0.2) is 33.4 Å². The Morgan fingerprint density at radius 3 is 2.58 bits per heavy atom. The van der Waals surface area contributed by atoms with Crippen molar-refractivity contribution in [1.82, 2.24) is 9.62 Å². The molecule has 108 valence electrons. The highest BCUT2D eigenvalue weighted by atomic mass is 35.5. The summed E-state index contributed by atoms with van der Waals surface area (Å²) in [4.78, 5) is -0.374. The summed E-state index contributed by atoms with van der Waals surface area (Å²) in [5, 5.41) is 2.98.